The fraction of sp³-hybridized carbons (Fsp3) is 0.500. The van der Waals surface area contributed by atoms with E-state index in [1.807, 2.05) is 16.8 Å². The van der Waals surface area contributed by atoms with Gasteiger partial charge in [0, 0.05) is 26.0 Å². The number of nitrogens with zero attached hydrogens (tertiary/aromatic N) is 4. The molecule has 5 rings (SSSR count). The van der Waals surface area contributed by atoms with Gasteiger partial charge in [0.05, 0.1) is 23.7 Å². The molecule has 0 unspecified atom stereocenters. The maximum absolute atomic E-state index is 12.2. The summed E-state index contributed by atoms with van der Waals surface area (Å²) in [5.74, 6) is 1.08. The Morgan fingerprint density at radius 1 is 1.28 bits per heavy atom. The molecule has 1 N–H and O–H groups in total. The molecule has 9 heteroatoms. The number of aromatic nitrogens is 4. The maximum atomic E-state index is 12.2. The van der Waals surface area contributed by atoms with Crippen molar-refractivity contribution >= 4 is 32.7 Å². The molecule has 0 aliphatic carbocycles. The first kappa shape index (κ1) is 15.2. The topological polar surface area (TPSA) is 92.6 Å². The first-order chi connectivity index (χ1) is 12.1. The van der Waals surface area contributed by atoms with Crippen LogP contribution in [0.15, 0.2) is 18.6 Å². The molecule has 2 fully saturated rings. The highest BCUT2D eigenvalue weighted by molar-refractivity contribution is 7.93. The molecule has 2 aliphatic heterocycles. The summed E-state index contributed by atoms with van der Waals surface area (Å²) in [6.45, 7) is 2.02. The van der Waals surface area contributed by atoms with Gasteiger partial charge < -0.3 is 9.72 Å². The molecule has 25 heavy (non-hydrogen) atoms. The first-order valence-corrected chi connectivity index (χ1v) is 10.2. The summed E-state index contributed by atoms with van der Waals surface area (Å²) in [6.07, 6.45) is 8.11. The summed E-state index contributed by atoms with van der Waals surface area (Å²) in [6, 6.07) is 0. The summed E-state index contributed by atoms with van der Waals surface area (Å²) >= 11 is 0. The lowest BCUT2D eigenvalue weighted by molar-refractivity contribution is 0.0856. The van der Waals surface area contributed by atoms with Gasteiger partial charge >= 0.3 is 0 Å². The number of rotatable bonds is 2. The lowest BCUT2D eigenvalue weighted by atomic mass is 9.93. The van der Waals surface area contributed by atoms with Crippen molar-refractivity contribution in [1.29, 1.82) is 0 Å². The van der Waals surface area contributed by atoms with Gasteiger partial charge in [-0.2, -0.15) is 0 Å². The Hall–Kier alpha value is -2.13. The number of imidazole rings is 1. The second-order valence-corrected chi connectivity index (χ2v) is 8.67. The molecule has 0 saturated carbocycles. The third-order valence-electron chi connectivity index (χ3n) is 5.15. The van der Waals surface area contributed by atoms with E-state index in [1.165, 1.54) is 9.87 Å². The van der Waals surface area contributed by atoms with Crippen LogP contribution in [0.4, 0.5) is 5.82 Å². The minimum atomic E-state index is -3.25. The molecule has 0 radical (unpaired) electrons. The van der Waals surface area contributed by atoms with Crippen molar-refractivity contribution in [1.82, 2.24) is 19.4 Å². The number of ether oxygens (including phenoxy) is 1. The minimum Gasteiger partial charge on any atom is -0.381 e. The number of H-pyrrole nitrogens is 1. The minimum absolute atomic E-state index is 0.187. The summed E-state index contributed by atoms with van der Waals surface area (Å²) in [7, 11) is -3.25. The Kier molecular flexibility index (Phi) is 3.29. The summed E-state index contributed by atoms with van der Waals surface area (Å²) in [5.41, 5.74) is 3.64. The zero-order valence-electron chi connectivity index (χ0n) is 13.7. The molecule has 8 nitrogen and oxygen atoms in total. The van der Waals surface area contributed by atoms with E-state index in [4.69, 9.17) is 4.74 Å². The average molecular weight is 361 g/mol. The van der Waals surface area contributed by atoms with E-state index in [0.29, 0.717) is 30.3 Å². The van der Waals surface area contributed by atoms with E-state index in [-0.39, 0.29) is 5.75 Å². The van der Waals surface area contributed by atoms with Crippen molar-refractivity contribution in [2.75, 3.05) is 29.8 Å². The first-order valence-electron chi connectivity index (χ1n) is 8.57. The highest BCUT2D eigenvalue weighted by Crippen LogP contribution is 2.33. The highest BCUT2D eigenvalue weighted by atomic mass is 32.2. The van der Waals surface area contributed by atoms with Gasteiger partial charge in [0.15, 0.2) is 17.1 Å². The molecule has 132 valence electrons. The van der Waals surface area contributed by atoms with Crippen molar-refractivity contribution in [3.05, 3.63) is 24.2 Å². The highest BCUT2D eigenvalue weighted by Gasteiger charge is 2.31. The molecule has 0 amide bonds. The van der Waals surface area contributed by atoms with E-state index < -0.39 is 10.0 Å². The van der Waals surface area contributed by atoms with Crippen molar-refractivity contribution in [3.8, 4) is 0 Å². The maximum Gasteiger partial charge on any atom is 0.236 e. The van der Waals surface area contributed by atoms with Crippen molar-refractivity contribution in [2.24, 2.45) is 0 Å². The van der Waals surface area contributed by atoms with Gasteiger partial charge in [-0.3, -0.25) is 8.71 Å². The van der Waals surface area contributed by atoms with Crippen LogP contribution in [0, 0.1) is 0 Å². The van der Waals surface area contributed by atoms with E-state index >= 15 is 0 Å². The molecule has 5 heterocycles. The zero-order valence-corrected chi connectivity index (χ0v) is 14.5. The average Bonchev–Trinajstić information content (AvgIpc) is 3.30. The lowest BCUT2D eigenvalue weighted by Crippen LogP contribution is -2.25. The summed E-state index contributed by atoms with van der Waals surface area (Å²) in [4.78, 5) is 12.2. The Balaban J connectivity index is 1.68. The third-order valence-corrected chi connectivity index (χ3v) is 6.99. The molecule has 0 aromatic carbocycles. The van der Waals surface area contributed by atoms with Crippen LogP contribution in [0.1, 0.15) is 30.7 Å². The number of fused-ring (bicyclic) bond motifs is 3. The molecule has 0 atom stereocenters. The number of hydrogen-bond acceptors (Lipinski definition) is 5. The largest absolute Gasteiger partial charge is 0.381 e. The monoisotopic (exact) mass is 361 g/mol. The Morgan fingerprint density at radius 3 is 2.88 bits per heavy atom. The molecule has 3 aromatic rings. The predicted molar refractivity (Wildman–Crippen MR) is 93.4 cm³/mol. The van der Waals surface area contributed by atoms with Crippen molar-refractivity contribution in [2.45, 2.75) is 25.2 Å². The van der Waals surface area contributed by atoms with Gasteiger partial charge in [-0.15, -0.1) is 0 Å². The van der Waals surface area contributed by atoms with Gasteiger partial charge in [0.1, 0.15) is 0 Å². The second-order valence-electron chi connectivity index (χ2n) is 6.66. The quantitative estimate of drug-likeness (QED) is 0.749. The molecule has 0 spiro atoms. The Bertz CT molecular complexity index is 1050. The number of hydrogen-bond donors (Lipinski definition) is 1. The summed E-state index contributed by atoms with van der Waals surface area (Å²) < 4.78 is 33.3. The third kappa shape index (κ3) is 2.33. The predicted octanol–water partition coefficient (Wildman–Crippen LogP) is 1.64. The van der Waals surface area contributed by atoms with Gasteiger partial charge in [-0.05, 0) is 30.7 Å². The van der Waals surface area contributed by atoms with E-state index in [2.05, 4.69) is 15.0 Å². The van der Waals surface area contributed by atoms with Gasteiger partial charge in [-0.1, -0.05) is 0 Å². The van der Waals surface area contributed by atoms with Crippen molar-refractivity contribution < 1.29 is 13.2 Å². The van der Waals surface area contributed by atoms with Gasteiger partial charge in [-0.25, -0.2) is 18.4 Å². The van der Waals surface area contributed by atoms with Crippen LogP contribution in [0.3, 0.4) is 0 Å². The second kappa shape index (κ2) is 5.43. The van der Waals surface area contributed by atoms with Crippen LogP contribution in [0.2, 0.25) is 0 Å². The smallest absolute Gasteiger partial charge is 0.236 e. The number of sulfonamides is 1. The number of aromatic amines is 1. The standard InChI is InChI=1S/C16H19N5O3S/c22-25(23)7-1-4-21(25)14-10-20-13(19-14)9-18-16-15(20)12(8-17-16)11-2-5-24-6-3-11/h8-11,17H,1-7H2. The fourth-order valence-electron chi connectivity index (χ4n) is 3.88. The van der Waals surface area contributed by atoms with E-state index in [0.717, 1.165) is 37.2 Å². The van der Waals surface area contributed by atoms with Crippen LogP contribution in [0.25, 0.3) is 16.8 Å². The molecular formula is C16H19N5O3S. The lowest BCUT2D eigenvalue weighted by Gasteiger charge is -2.21. The van der Waals surface area contributed by atoms with Crippen LogP contribution in [0.5, 0.6) is 0 Å². The van der Waals surface area contributed by atoms with Gasteiger partial charge in [0.2, 0.25) is 10.0 Å². The van der Waals surface area contributed by atoms with Crippen LogP contribution in [-0.2, 0) is 14.8 Å². The van der Waals surface area contributed by atoms with Crippen LogP contribution >= 0.6 is 0 Å². The number of anilines is 1. The molecule has 0 bridgehead atoms. The normalized spacial score (nSPS) is 21.5. The Labute approximate surface area is 144 Å². The van der Waals surface area contributed by atoms with Crippen molar-refractivity contribution in [3.63, 3.8) is 0 Å². The zero-order chi connectivity index (χ0) is 17.0. The molecule has 2 saturated heterocycles. The summed E-state index contributed by atoms with van der Waals surface area (Å²) in [5, 5.41) is 0. The fourth-order valence-corrected chi connectivity index (χ4v) is 5.38. The van der Waals surface area contributed by atoms with Crippen LogP contribution in [-0.4, -0.2) is 53.3 Å². The van der Waals surface area contributed by atoms with E-state index in [9.17, 15) is 8.42 Å². The molecular weight excluding hydrogens is 342 g/mol. The SMILES string of the molecule is O=S1(=O)CCCN1c1cn2c(cnc3[nH]cc(C4CCOCC4)c32)n1. The van der Waals surface area contributed by atoms with Crippen LogP contribution < -0.4 is 4.31 Å². The Morgan fingerprint density at radius 2 is 2.12 bits per heavy atom. The van der Waals surface area contributed by atoms with Gasteiger partial charge in [0.25, 0.3) is 0 Å². The van der Waals surface area contributed by atoms with E-state index in [1.54, 1.807) is 6.20 Å². The molecule has 3 aromatic heterocycles. The number of nitrogens with one attached hydrogen (secondary N) is 1. The molecule has 2 aliphatic rings.